The van der Waals surface area contributed by atoms with Gasteiger partial charge in [-0.1, -0.05) is 31.5 Å². The number of amides is 1. The van der Waals surface area contributed by atoms with E-state index in [1.165, 1.54) is 12.1 Å². The van der Waals surface area contributed by atoms with Crippen LogP contribution in [-0.2, 0) is 14.8 Å². The summed E-state index contributed by atoms with van der Waals surface area (Å²) >= 11 is 0. The molecule has 0 aliphatic heterocycles. The van der Waals surface area contributed by atoms with Crippen LogP contribution in [0.25, 0.3) is 0 Å². The monoisotopic (exact) mass is 356 g/mol. The van der Waals surface area contributed by atoms with Crippen molar-refractivity contribution in [2.75, 3.05) is 19.6 Å². The molecule has 1 aromatic carbocycles. The lowest BCUT2D eigenvalue weighted by atomic mass is 10.2. The maximum Gasteiger partial charge on any atom is 0.421 e. The Morgan fingerprint density at radius 2 is 1.79 bits per heavy atom. The predicted octanol–water partition coefficient (Wildman–Crippen LogP) is 2.92. The third-order valence-corrected chi connectivity index (χ3v) is 5.16. The molecule has 7 heteroatoms. The van der Waals surface area contributed by atoms with E-state index in [2.05, 4.69) is 18.7 Å². The molecule has 24 heavy (non-hydrogen) atoms. The average molecular weight is 356 g/mol. The molecule has 1 N–H and O–H groups in total. The SMILES string of the molecule is CCN(CC)CCCC(C)OC(=O)NS(=O)(=O)c1ccc(C)cc1. The van der Waals surface area contributed by atoms with Crippen molar-refractivity contribution in [3.63, 3.8) is 0 Å². The Morgan fingerprint density at radius 1 is 1.21 bits per heavy atom. The number of nitrogens with zero attached hydrogens (tertiary/aromatic N) is 1. The molecule has 0 heterocycles. The van der Waals surface area contributed by atoms with E-state index in [9.17, 15) is 13.2 Å². The molecule has 136 valence electrons. The highest BCUT2D eigenvalue weighted by molar-refractivity contribution is 7.90. The van der Waals surface area contributed by atoms with Crippen LogP contribution < -0.4 is 4.72 Å². The summed E-state index contributed by atoms with van der Waals surface area (Å²) in [6, 6.07) is 6.27. The second-order valence-electron chi connectivity index (χ2n) is 5.80. The molecule has 1 unspecified atom stereocenters. The van der Waals surface area contributed by atoms with E-state index in [0.717, 1.165) is 31.6 Å². The van der Waals surface area contributed by atoms with E-state index in [1.807, 2.05) is 11.6 Å². The minimum Gasteiger partial charge on any atom is -0.446 e. The van der Waals surface area contributed by atoms with Crippen molar-refractivity contribution in [2.45, 2.75) is 51.5 Å². The number of benzene rings is 1. The Balaban J connectivity index is 2.45. The van der Waals surface area contributed by atoms with Crippen molar-refractivity contribution in [1.82, 2.24) is 9.62 Å². The van der Waals surface area contributed by atoms with Crippen LogP contribution >= 0.6 is 0 Å². The Kier molecular flexibility index (Phi) is 8.21. The quantitative estimate of drug-likeness (QED) is 0.736. The largest absolute Gasteiger partial charge is 0.446 e. The van der Waals surface area contributed by atoms with Crippen molar-refractivity contribution in [1.29, 1.82) is 0 Å². The van der Waals surface area contributed by atoms with Crippen LogP contribution in [0.5, 0.6) is 0 Å². The van der Waals surface area contributed by atoms with E-state index in [4.69, 9.17) is 4.74 Å². The van der Waals surface area contributed by atoms with Gasteiger partial charge < -0.3 is 9.64 Å². The summed E-state index contributed by atoms with van der Waals surface area (Å²) < 4.78 is 31.3. The number of carbonyl (C=O) groups is 1. The highest BCUT2D eigenvalue weighted by Crippen LogP contribution is 2.11. The van der Waals surface area contributed by atoms with Gasteiger partial charge in [-0.05, 0) is 58.5 Å². The van der Waals surface area contributed by atoms with Crippen molar-refractivity contribution in [3.05, 3.63) is 29.8 Å². The molecule has 0 spiro atoms. The summed E-state index contributed by atoms with van der Waals surface area (Å²) in [5, 5.41) is 0. The van der Waals surface area contributed by atoms with Crippen LogP contribution in [-0.4, -0.2) is 45.1 Å². The molecule has 1 rings (SSSR count). The Bertz CT molecular complexity index is 610. The van der Waals surface area contributed by atoms with Crippen molar-refractivity contribution < 1.29 is 17.9 Å². The van der Waals surface area contributed by atoms with Gasteiger partial charge in [0.1, 0.15) is 6.10 Å². The fourth-order valence-corrected chi connectivity index (χ4v) is 3.17. The van der Waals surface area contributed by atoms with Crippen molar-refractivity contribution in [2.24, 2.45) is 0 Å². The second-order valence-corrected chi connectivity index (χ2v) is 7.49. The van der Waals surface area contributed by atoms with Crippen LogP contribution in [0.1, 0.15) is 39.2 Å². The molecule has 0 aliphatic carbocycles. The molecule has 0 aromatic heterocycles. The Hall–Kier alpha value is -1.60. The maximum atomic E-state index is 12.1. The van der Waals surface area contributed by atoms with Crippen LogP contribution in [0.15, 0.2) is 29.2 Å². The van der Waals surface area contributed by atoms with Crippen LogP contribution in [0, 0.1) is 6.92 Å². The zero-order valence-electron chi connectivity index (χ0n) is 14.9. The lowest BCUT2D eigenvalue weighted by Gasteiger charge is -2.19. The summed E-state index contributed by atoms with van der Waals surface area (Å²) in [6.07, 6.45) is 0.301. The van der Waals surface area contributed by atoms with Gasteiger partial charge >= 0.3 is 6.09 Å². The molecule has 0 saturated heterocycles. The average Bonchev–Trinajstić information content (AvgIpc) is 2.51. The first-order chi connectivity index (χ1) is 11.3. The molecule has 1 aromatic rings. The number of nitrogens with one attached hydrogen (secondary N) is 1. The van der Waals surface area contributed by atoms with E-state index < -0.39 is 16.1 Å². The number of ether oxygens (including phenoxy) is 1. The van der Waals surface area contributed by atoms with Gasteiger partial charge in [-0.25, -0.2) is 17.9 Å². The molecule has 1 amide bonds. The molecule has 0 radical (unpaired) electrons. The summed E-state index contributed by atoms with van der Waals surface area (Å²) in [7, 11) is -3.90. The zero-order valence-corrected chi connectivity index (χ0v) is 15.7. The molecular weight excluding hydrogens is 328 g/mol. The third-order valence-electron chi connectivity index (χ3n) is 3.84. The molecule has 0 aliphatic rings. The summed E-state index contributed by atoms with van der Waals surface area (Å²) in [6.45, 7) is 10.7. The van der Waals surface area contributed by atoms with Gasteiger partial charge in [0.15, 0.2) is 0 Å². The molecular formula is C17H28N2O4S. The van der Waals surface area contributed by atoms with E-state index in [1.54, 1.807) is 19.1 Å². The minimum absolute atomic E-state index is 0.0410. The highest BCUT2D eigenvalue weighted by atomic mass is 32.2. The standard InChI is InChI=1S/C17H28N2O4S/c1-5-19(6-2)13-7-8-15(4)23-17(20)18-24(21,22)16-11-9-14(3)10-12-16/h9-12,15H,5-8,13H2,1-4H3,(H,18,20). The summed E-state index contributed by atoms with van der Waals surface area (Å²) in [4.78, 5) is 14.1. The molecule has 0 saturated carbocycles. The van der Waals surface area contributed by atoms with Crippen LogP contribution in [0.2, 0.25) is 0 Å². The summed E-state index contributed by atoms with van der Waals surface area (Å²) in [5.41, 5.74) is 0.943. The fraction of sp³-hybridized carbons (Fsp3) is 0.588. The van der Waals surface area contributed by atoms with Crippen LogP contribution in [0.3, 0.4) is 0 Å². The highest BCUT2D eigenvalue weighted by Gasteiger charge is 2.19. The number of rotatable bonds is 9. The molecule has 0 bridgehead atoms. The van der Waals surface area contributed by atoms with Gasteiger partial charge in [0.25, 0.3) is 10.0 Å². The summed E-state index contributed by atoms with van der Waals surface area (Å²) in [5.74, 6) is 0. The van der Waals surface area contributed by atoms with Gasteiger partial charge in [-0.2, -0.15) is 0 Å². The van der Waals surface area contributed by atoms with Gasteiger partial charge in [0.2, 0.25) is 0 Å². The van der Waals surface area contributed by atoms with Gasteiger partial charge in [-0.3, -0.25) is 0 Å². The Labute approximate surface area is 145 Å². The maximum absolute atomic E-state index is 12.1. The van der Waals surface area contributed by atoms with Gasteiger partial charge in [0.05, 0.1) is 4.90 Å². The molecule has 6 nitrogen and oxygen atoms in total. The number of hydrogen-bond acceptors (Lipinski definition) is 5. The van der Waals surface area contributed by atoms with Gasteiger partial charge in [0, 0.05) is 0 Å². The lowest BCUT2D eigenvalue weighted by Crippen LogP contribution is -2.33. The minimum atomic E-state index is -3.90. The third kappa shape index (κ3) is 6.88. The lowest BCUT2D eigenvalue weighted by molar-refractivity contribution is 0.104. The Morgan fingerprint density at radius 3 is 2.33 bits per heavy atom. The van der Waals surface area contributed by atoms with Crippen molar-refractivity contribution >= 4 is 16.1 Å². The van der Waals surface area contributed by atoms with E-state index in [-0.39, 0.29) is 11.0 Å². The first-order valence-electron chi connectivity index (χ1n) is 8.31. The predicted molar refractivity (Wildman–Crippen MR) is 94.5 cm³/mol. The number of hydrogen-bond donors (Lipinski definition) is 1. The molecule has 0 fully saturated rings. The second kappa shape index (κ2) is 9.64. The molecule has 1 atom stereocenters. The number of aryl methyl sites for hydroxylation is 1. The smallest absolute Gasteiger partial charge is 0.421 e. The van der Waals surface area contributed by atoms with Crippen LogP contribution in [0.4, 0.5) is 4.79 Å². The van der Waals surface area contributed by atoms with E-state index >= 15 is 0 Å². The van der Waals surface area contributed by atoms with E-state index in [0.29, 0.717) is 6.42 Å². The fourth-order valence-electron chi connectivity index (χ4n) is 2.29. The normalized spacial score (nSPS) is 12.9. The zero-order chi connectivity index (χ0) is 18.2. The topological polar surface area (TPSA) is 75.7 Å². The first-order valence-corrected chi connectivity index (χ1v) is 9.79. The van der Waals surface area contributed by atoms with Crippen molar-refractivity contribution in [3.8, 4) is 0 Å². The van der Waals surface area contributed by atoms with Gasteiger partial charge in [-0.15, -0.1) is 0 Å². The first kappa shape index (κ1) is 20.4. The number of carbonyl (C=O) groups excluding carboxylic acids is 1. The number of sulfonamides is 1.